The van der Waals surface area contributed by atoms with Gasteiger partial charge in [-0.25, -0.2) is 9.78 Å². The van der Waals surface area contributed by atoms with Crippen molar-refractivity contribution in [1.29, 1.82) is 0 Å². The van der Waals surface area contributed by atoms with Crippen LogP contribution in [0.25, 0.3) is 0 Å². The number of carbonyl (C=O) groups is 1. The molecule has 0 saturated carbocycles. The molecule has 0 atom stereocenters. The number of hydrogen-bond donors (Lipinski definition) is 1. The van der Waals surface area contributed by atoms with E-state index in [9.17, 15) is 4.79 Å². The van der Waals surface area contributed by atoms with Crippen molar-refractivity contribution >= 4 is 17.4 Å². The number of aryl methyl sites for hydroxylation is 2. The van der Waals surface area contributed by atoms with Gasteiger partial charge in [0.2, 0.25) is 0 Å². The minimum Gasteiger partial charge on any atom is -0.361 e. The number of nitrogens with one attached hydrogen (secondary N) is 1. The summed E-state index contributed by atoms with van der Waals surface area (Å²) in [5.74, 6) is 0.738. The summed E-state index contributed by atoms with van der Waals surface area (Å²) >= 11 is 1.54. The second-order valence-corrected chi connectivity index (χ2v) is 5.27. The molecule has 19 heavy (non-hydrogen) atoms. The Labute approximate surface area is 115 Å². The number of amides is 2. The number of thiazole rings is 1. The maximum atomic E-state index is 11.9. The van der Waals surface area contributed by atoms with E-state index in [1.165, 1.54) is 11.3 Å². The van der Waals surface area contributed by atoms with Gasteiger partial charge < -0.3 is 14.7 Å². The fourth-order valence-corrected chi connectivity index (χ4v) is 2.29. The van der Waals surface area contributed by atoms with E-state index < -0.39 is 0 Å². The highest BCUT2D eigenvalue weighted by Crippen LogP contribution is 2.08. The molecule has 0 unspecified atom stereocenters. The highest BCUT2D eigenvalue weighted by Gasteiger charge is 2.11. The molecule has 102 valence electrons. The summed E-state index contributed by atoms with van der Waals surface area (Å²) in [6.07, 6.45) is 0. The molecule has 0 bridgehead atoms. The predicted octanol–water partition coefficient (Wildman–Crippen LogP) is 2.09. The second kappa shape index (κ2) is 5.83. The number of urea groups is 1. The van der Waals surface area contributed by atoms with Gasteiger partial charge in [0, 0.05) is 24.2 Å². The van der Waals surface area contributed by atoms with Crippen molar-refractivity contribution in [3.8, 4) is 0 Å². The average Bonchev–Trinajstić information content (AvgIpc) is 2.95. The predicted molar refractivity (Wildman–Crippen MR) is 71.8 cm³/mol. The quantitative estimate of drug-likeness (QED) is 0.931. The first kappa shape index (κ1) is 13.5. The van der Waals surface area contributed by atoms with Crippen LogP contribution >= 0.6 is 11.3 Å². The summed E-state index contributed by atoms with van der Waals surface area (Å²) in [5, 5.41) is 9.53. The Bertz CT molecular complexity index is 564. The second-order valence-electron chi connectivity index (χ2n) is 4.33. The van der Waals surface area contributed by atoms with Gasteiger partial charge in [0.1, 0.15) is 16.5 Å². The van der Waals surface area contributed by atoms with Gasteiger partial charge >= 0.3 is 6.03 Å². The zero-order valence-electron chi connectivity index (χ0n) is 11.1. The molecule has 2 aromatic rings. The Hall–Kier alpha value is -1.89. The standard InChI is InChI=1S/C12H16N4O2S/c1-8-7-19-11(14-8)5-13-12(17)16(3)6-10-4-9(2)18-15-10/h4,7H,5-6H2,1-3H3,(H,13,17). The van der Waals surface area contributed by atoms with Crippen LogP contribution in [0.4, 0.5) is 4.79 Å². The molecular formula is C12H16N4O2S. The van der Waals surface area contributed by atoms with Crippen molar-refractivity contribution in [2.45, 2.75) is 26.9 Å². The highest BCUT2D eigenvalue weighted by molar-refractivity contribution is 7.09. The Morgan fingerprint density at radius 2 is 2.32 bits per heavy atom. The smallest absolute Gasteiger partial charge is 0.317 e. The molecule has 0 aliphatic heterocycles. The maximum absolute atomic E-state index is 11.9. The molecule has 0 radical (unpaired) electrons. The van der Waals surface area contributed by atoms with E-state index in [0.29, 0.717) is 13.1 Å². The summed E-state index contributed by atoms with van der Waals surface area (Å²) in [6, 6.07) is 1.65. The first-order chi connectivity index (χ1) is 9.04. The third-order valence-corrected chi connectivity index (χ3v) is 3.45. The Morgan fingerprint density at radius 1 is 1.53 bits per heavy atom. The summed E-state index contributed by atoms with van der Waals surface area (Å²) in [4.78, 5) is 17.7. The van der Waals surface area contributed by atoms with E-state index in [2.05, 4.69) is 15.5 Å². The Kier molecular flexibility index (Phi) is 4.16. The number of hydrogen-bond acceptors (Lipinski definition) is 5. The van der Waals surface area contributed by atoms with Crippen LogP contribution in [-0.2, 0) is 13.1 Å². The van der Waals surface area contributed by atoms with E-state index in [1.807, 2.05) is 25.3 Å². The van der Waals surface area contributed by atoms with Gasteiger partial charge in [-0.3, -0.25) is 0 Å². The summed E-state index contributed by atoms with van der Waals surface area (Å²) in [7, 11) is 1.71. The average molecular weight is 280 g/mol. The lowest BCUT2D eigenvalue weighted by Crippen LogP contribution is -2.36. The van der Waals surface area contributed by atoms with E-state index in [-0.39, 0.29) is 6.03 Å². The molecule has 0 aliphatic rings. The van der Waals surface area contributed by atoms with Crippen LogP contribution in [0.5, 0.6) is 0 Å². The monoisotopic (exact) mass is 280 g/mol. The first-order valence-corrected chi connectivity index (χ1v) is 6.74. The van der Waals surface area contributed by atoms with Gasteiger partial charge in [-0.15, -0.1) is 11.3 Å². The van der Waals surface area contributed by atoms with Crippen LogP contribution in [0.15, 0.2) is 16.0 Å². The van der Waals surface area contributed by atoms with Gasteiger partial charge in [-0.05, 0) is 13.8 Å². The van der Waals surface area contributed by atoms with Crippen molar-refractivity contribution in [2.75, 3.05) is 7.05 Å². The molecule has 0 saturated heterocycles. The molecule has 2 amide bonds. The molecule has 0 aromatic carbocycles. The largest absolute Gasteiger partial charge is 0.361 e. The van der Waals surface area contributed by atoms with E-state index in [1.54, 1.807) is 11.9 Å². The molecular weight excluding hydrogens is 264 g/mol. The topological polar surface area (TPSA) is 71.3 Å². The molecule has 6 nitrogen and oxygen atoms in total. The van der Waals surface area contributed by atoms with E-state index >= 15 is 0 Å². The van der Waals surface area contributed by atoms with E-state index in [4.69, 9.17) is 4.52 Å². The van der Waals surface area contributed by atoms with Gasteiger partial charge in [0.25, 0.3) is 0 Å². The number of nitrogens with zero attached hydrogens (tertiary/aromatic N) is 3. The van der Waals surface area contributed by atoms with Crippen molar-refractivity contribution < 1.29 is 9.32 Å². The molecule has 2 heterocycles. The van der Waals surface area contributed by atoms with Gasteiger partial charge in [0.15, 0.2) is 0 Å². The maximum Gasteiger partial charge on any atom is 0.317 e. The minimum absolute atomic E-state index is 0.159. The molecule has 0 spiro atoms. The van der Waals surface area contributed by atoms with E-state index in [0.717, 1.165) is 22.2 Å². The molecule has 7 heteroatoms. The fourth-order valence-electron chi connectivity index (χ4n) is 1.58. The third kappa shape index (κ3) is 3.78. The fraction of sp³-hybridized carbons (Fsp3) is 0.417. The highest BCUT2D eigenvalue weighted by atomic mass is 32.1. The molecule has 2 rings (SSSR count). The van der Waals surface area contributed by atoms with Gasteiger partial charge in [-0.2, -0.15) is 0 Å². The summed E-state index contributed by atoms with van der Waals surface area (Å²) < 4.78 is 4.96. The Morgan fingerprint density at radius 3 is 2.89 bits per heavy atom. The van der Waals surface area contributed by atoms with Crippen molar-refractivity contribution in [2.24, 2.45) is 0 Å². The lowest BCUT2D eigenvalue weighted by Gasteiger charge is -2.15. The van der Waals surface area contributed by atoms with Crippen LogP contribution in [-0.4, -0.2) is 28.1 Å². The van der Waals surface area contributed by atoms with Gasteiger partial charge in [-0.1, -0.05) is 5.16 Å². The lowest BCUT2D eigenvalue weighted by atomic mass is 10.3. The van der Waals surface area contributed by atoms with Crippen LogP contribution in [0.1, 0.15) is 22.2 Å². The third-order valence-electron chi connectivity index (χ3n) is 2.48. The number of rotatable bonds is 4. The summed E-state index contributed by atoms with van der Waals surface area (Å²) in [6.45, 7) is 4.61. The van der Waals surface area contributed by atoms with Crippen LogP contribution in [0, 0.1) is 13.8 Å². The lowest BCUT2D eigenvalue weighted by molar-refractivity contribution is 0.205. The summed E-state index contributed by atoms with van der Waals surface area (Å²) in [5.41, 5.74) is 1.71. The first-order valence-electron chi connectivity index (χ1n) is 5.87. The van der Waals surface area contributed by atoms with Crippen molar-refractivity contribution in [1.82, 2.24) is 20.4 Å². The van der Waals surface area contributed by atoms with Crippen LogP contribution in [0.2, 0.25) is 0 Å². The van der Waals surface area contributed by atoms with Gasteiger partial charge in [0.05, 0.1) is 13.1 Å². The minimum atomic E-state index is -0.159. The van der Waals surface area contributed by atoms with Crippen molar-refractivity contribution in [3.05, 3.63) is 33.6 Å². The number of aromatic nitrogens is 2. The Balaban J connectivity index is 1.82. The number of carbonyl (C=O) groups excluding carboxylic acids is 1. The molecule has 0 fully saturated rings. The SMILES string of the molecule is Cc1csc(CNC(=O)N(C)Cc2cc(C)on2)n1. The van der Waals surface area contributed by atoms with Crippen LogP contribution in [0.3, 0.4) is 0 Å². The molecule has 1 N–H and O–H groups in total. The van der Waals surface area contributed by atoms with Crippen LogP contribution < -0.4 is 5.32 Å². The molecule has 2 aromatic heterocycles. The normalized spacial score (nSPS) is 10.5. The molecule has 0 aliphatic carbocycles. The zero-order valence-corrected chi connectivity index (χ0v) is 12.0. The zero-order chi connectivity index (χ0) is 13.8. The van der Waals surface area contributed by atoms with Crippen molar-refractivity contribution in [3.63, 3.8) is 0 Å².